The monoisotopic (exact) mass is 930 g/mol. The number of benzene rings is 9. The lowest BCUT2D eigenvalue weighted by molar-refractivity contribution is 0.503. The molecule has 9 aromatic carbocycles. The number of rotatable bonds is 6. The van der Waals surface area contributed by atoms with Gasteiger partial charge in [-0.1, -0.05) is 166 Å². The van der Waals surface area contributed by atoms with Crippen LogP contribution in [-0.4, -0.2) is 0 Å². The zero-order valence-corrected chi connectivity index (χ0v) is 40.1. The van der Waals surface area contributed by atoms with Crippen molar-refractivity contribution in [2.45, 2.75) is 26.7 Å². The second kappa shape index (κ2) is 15.3. The van der Waals surface area contributed by atoms with Gasteiger partial charge in [0, 0.05) is 81.5 Å². The molecule has 3 aliphatic rings. The molecule has 0 fully saturated rings. The van der Waals surface area contributed by atoms with Crippen molar-refractivity contribution >= 4 is 131 Å². The van der Waals surface area contributed by atoms with Gasteiger partial charge in [0.1, 0.15) is 11.2 Å². The predicted molar refractivity (Wildman–Crippen MR) is 301 cm³/mol. The molecule has 0 N–H and O–H groups in total. The summed E-state index contributed by atoms with van der Waals surface area (Å²) in [4.78, 5) is 4.93. The number of fused-ring (bicyclic) bond motifs is 16. The third-order valence-electron chi connectivity index (χ3n) is 15.5. The van der Waals surface area contributed by atoms with Crippen LogP contribution >= 0.6 is 11.3 Å². The van der Waals surface area contributed by atoms with E-state index in [-0.39, 0.29) is 5.41 Å². The van der Waals surface area contributed by atoms with Gasteiger partial charge >= 0.3 is 0 Å². The molecule has 0 bridgehead atoms. The van der Waals surface area contributed by atoms with Crippen molar-refractivity contribution in [2.75, 3.05) is 9.80 Å². The first-order valence-electron chi connectivity index (χ1n) is 24.7. The van der Waals surface area contributed by atoms with Crippen LogP contribution in [0.2, 0.25) is 0 Å². The maximum Gasteiger partial charge on any atom is 0.159 e. The summed E-state index contributed by atoms with van der Waals surface area (Å²) < 4.78 is 16.1. The predicted octanol–water partition coefficient (Wildman–Crippen LogP) is 17.4. The second-order valence-electron chi connectivity index (χ2n) is 19.9. The summed E-state index contributed by atoms with van der Waals surface area (Å²) in [5.74, 6) is 0.331. The summed E-state index contributed by atoms with van der Waals surface area (Å²) in [6.45, 7) is 4.71. The molecule has 0 aliphatic heterocycles. The van der Waals surface area contributed by atoms with Crippen molar-refractivity contribution in [1.29, 1.82) is 0 Å². The van der Waals surface area contributed by atoms with Gasteiger partial charge in [-0.2, -0.15) is 0 Å². The Kier molecular flexibility index (Phi) is 8.73. The SMILES string of the molecule is CC1C=c2c(oc3ccccc23)=C(N(C2=CC=C3C=CC=CC3(C)C2)c2ccc3c(c2)c2ccccc2c2c4ccc(N(c5ccc6ccccc6c5)c5cccc6c5oc5ccccc56)cc4sc32)C1. The Bertz CT molecular complexity index is 4540. The van der Waals surface area contributed by atoms with E-state index >= 15 is 0 Å². The normalized spacial score (nSPS) is 17.7. The zero-order valence-electron chi connectivity index (χ0n) is 39.3. The summed E-state index contributed by atoms with van der Waals surface area (Å²) in [6, 6.07) is 62.0. The van der Waals surface area contributed by atoms with Crippen molar-refractivity contribution in [3.05, 3.63) is 228 Å². The summed E-state index contributed by atoms with van der Waals surface area (Å²) in [7, 11) is 0. The van der Waals surface area contributed by atoms with E-state index in [1.807, 2.05) is 17.4 Å². The summed E-state index contributed by atoms with van der Waals surface area (Å²) in [6.07, 6.45) is 17.8. The number of hydrogen-bond donors (Lipinski definition) is 0. The highest BCUT2D eigenvalue weighted by Gasteiger charge is 2.34. The quantitative estimate of drug-likeness (QED) is 0.156. The number of hydrogen-bond acceptors (Lipinski definition) is 5. The Labute approximate surface area is 413 Å². The fourth-order valence-corrected chi connectivity index (χ4v) is 13.4. The number of allylic oxidation sites excluding steroid dienone is 8. The van der Waals surface area contributed by atoms with Gasteiger partial charge < -0.3 is 18.6 Å². The Morgan fingerprint density at radius 1 is 0.563 bits per heavy atom. The molecule has 71 heavy (non-hydrogen) atoms. The Morgan fingerprint density at radius 2 is 1.27 bits per heavy atom. The average molecular weight is 931 g/mol. The Hall–Kier alpha value is -8.38. The van der Waals surface area contributed by atoms with Crippen LogP contribution in [0, 0.1) is 11.3 Å². The van der Waals surface area contributed by atoms with E-state index in [0.29, 0.717) is 5.92 Å². The first-order chi connectivity index (χ1) is 34.9. The van der Waals surface area contributed by atoms with Gasteiger partial charge in [0.2, 0.25) is 0 Å². The van der Waals surface area contributed by atoms with E-state index in [1.165, 1.54) is 80.1 Å². The number of anilines is 4. The van der Waals surface area contributed by atoms with Gasteiger partial charge in [0.15, 0.2) is 11.0 Å². The first kappa shape index (κ1) is 40.5. The molecule has 338 valence electrons. The molecule has 0 amide bonds. The van der Waals surface area contributed by atoms with E-state index in [2.05, 4.69) is 230 Å². The van der Waals surface area contributed by atoms with Crippen molar-refractivity contribution in [3.63, 3.8) is 0 Å². The first-order valence-corrected chi connectivity index (χ1v) is 25.6. The molecule has 0 saturated carbocycles. The number of nitrogens with zero attached hydrogens (tertiary/aromatic N) is 2. The van der Waals surface area contributed by atoms with Crippen LogP contribution in [0.1, 0.15) is 26.7 Å². The molecule has 3 aromatic heterocycles. The maximum atomic E-state index is 6.88. The minimum absolute atomic E-state index is 0.116. The molecular weight excluding hydrogens is 885 g/mol. The van der Waals surface area contributed by atoms with Gasteiger partial charge in [0.25, 0.3) is 0 Å². The minimum Gasteiger partial charge on any atom is -0.454 e. The lowest BCUT2D eigenvalue weighted by Crippen LogP contribution is -2.38. The van der Waals surface area contributed by atoms with Crippen LogP contribution in [0.3, 0.4) is 0 Å². The summed E-state index contributed by atoms with van der Waals surface area (Å²) in [5.41, 5.74) is 11.7. The van der Waals surface area contributed by atoms with E-state index in [9.17, 15) is 0 Å². The molecule has 15 rings (SSSR count). The van der Waals surface area contributed by atoms with Gasteiger partial charge in [-0.15, -0.1) is 11.3 Å². The van der Waals surface area contributed by atoms with E-state index < -0.39 is 0 Å². The Balaban J connectivity index is 0.948. The Morgan fingerprint density at radius 3 is 2.14 bits per heavy atom. The molecule has 2 atom stereocenters. The average Bonchev–Trinajstić information content (AvgIpc) is 4.11. The third-order valence-corrected chi connectivity index (χ3v) is 16.7. The molecule has 0 saturated heterocycles. The highest BCUT2D eigenvalue weighted by Crippen LogP contribution is 2.50. The van der Waals surface area contributed by atoms with Crippen LogP contribution in [0.25, 0.3) is 97.2 Å². The molecule has 5 heteroatoms. The smallest absolute Gasteiger partial charge is 0.159 e. The van der Waals surface area contributed by atoms with E-state index in [0.717, 1.165) is 68.5 Å². The highest BCUT2D eigenvalue weighted by atomic mass is 32.1. The lowest BCUT2D eigenvalue weighted by Gasteiger charge is -2.39. The molecule has 12 aromatic rings. The van der Waals surface area contributed by atoms with Crippen molar-refractivity contribution in [2.24, 2.45) is 11.3 Å². The van der Waals surface area contributed by atoms with Gasteiger partial charge in [-0.3, -0.25) is 0 Å². The van der Waals surface area contributed by atoms with Crippen molar-refractivity contribution in [3.8, 4) is 0 Å². The van der Waals surface area contributed by atoms with Gasteiger partial charge in [0.05, 0.1) is 11.4 Å². The molecule has 3 heterocycles. The zero-order chi connectivity index (χ0) is 47.0. The van der Waals surface area contributed by atoms with Gasteiger partial charge in [-0.05, 0) is 106 Å². The number of furan rings is 2. The third kappa shape index (κ3) is 6.16. The van der Waals surface area contributed by atoms with Crippen LogP contribution in [0.5, 0.6) is 0 Å². The molecule has 2 unspecified atom stereocenters. The lowest BCUT2D eigenvalue weighted by atomic mass is 9.72. The van der Waals surface area contributed by atoms with Crippen LogP contribution in [0.15, 0.2) is 226 Å². The largest absolute Gasteiger partial charge is 0.454 e. The van der Waals surface area contributed by atoms with E-state index in [4.69, 9.17) is 8.83 Å². The molecule has 4 nitrogen and oxygen atoms in total. The van der Waals surface area contributed by atoms with Crippen LogP contribution in [0.4, 0.5) is 22.7 Å². The molecule has 3 aliphatic carbocycles. The second-order valence-corrected chi connectivity index (χ2v) is 21.0. The maximum absolute atomic E-state index is 6.88. The van der Waals surface area contributed by atoms with E-state index in [1.54, 1.807) is 0 Å². The fraction of sp³-hybridized carbons (Fsp3) is 0.0909. The topological polar surface area (TPSA) is 32.8 Å². The van der Waals surface area contributed by atoms with Gasteiger partial charge in [-0.25, -0.2) is 0 Å². The molecule has 0 radical (unpaired) electrons. The standard InChI is InChI=1S/C66H46N2O2S/c1-40-34-56-50-19-8-10-24-60(50)70-64(56)58(35-40)68(47-28-26-43-16-11-12-33-66(43,2)39-47)45-29-31-53-55(37-45)48-17-5-6-20-51(48)62-54-32-30-46(38-61(54)71-65(53)62)67(44-27-25-41-14-3-4-15-42(41)36-44)57-22-13-21-52-49-18-7-9-23-59(49)69-63(52)57/h3-34,36-38,40H,35,39H2,1-2H3. The summed E-state index contributed by atoms with van der Waals surface area (Å²) in [5, 5.41) is 14.6. The van der Waals surface area contributed by atoms with Crippen LogP contribution < -0.4 is 20.4 Å². The number of para-hydroxylation sites is 3. The summed E-state index contributed by atoms with van der Waals surface area (Å²) >= 11 is 1.89. The fourth-order valence-electron chi connectivity index (χ4n) is 12.1. The molecule has 0 spiro atoms. The van der Waals surface area contributed by atoms with Crippen molar-refractivity contribution < 1.29 is 8.83 Å². The van der Waals surface area contributed by atoms with Crippen LogP contribution in [-0.2, 0) is 0 Å². The highest BCUT2D eigenvalue weighted by molar-refractivity contribution is 7.27. The number of thiophene rings is 1. The van der Waals surface area contributed by atoms with Crippen molar-refractivity contribution in [1.82, 2.24) is 0 Å². The minimum atomic E-state index is -0.116. The molecular formula is C66H46N2O2S.